The largest absolute Gasteiger partial charge is 0.473 e. The first kappa shape index (κ1) is 19.7. The first-order valence-electron chi connectivity index (χ1n) is 10.7. The maximum absolute atomic E-state index is 14.3. The minimum atomic E-state index is -3.13. The Morgan fingerprint density at radius 3 is 1.69 bits per heavy atom. The maximum Gasteiger partial charge on any atom is 0.278 e. The van der Waals surface area contributed by atoms with Crippen molar-refractivity contribution in [1.29, 1.82) is 0 Å². The number of benzene rings is 4. The molecule has 158 valence electrons. The van der Waals surface area contributed by atoms with Gasteiger partial charge in [-0.2, -0.15) is 0 Å². The Morgan fingerprint density at radius 1 is 0.562 bits per heavy atom. The molecule has 0 aromatic heterocycles. The zero-order valence-corrected chi connectivity index (χ0v) is 19.3. The molecule has 4 aromatic carbocycles. The van der Waals surface area contributed by atoms with E-state index in [2.05, 4.69) is 24.5 Å². The fourth-order valence-electron chi connectivity index (χ4n) is 4.66. The third-order valence-corrected chi connectivity index (χ3v) is 11.8. The third-order valence-electron chi connectivity index (χ3n) is 6.24. The molecular weight excluding hydrogens is 434 g/mol. The summed E-state index contributed by atoms with van der Waals surface area (Å²) in [5, 5.41) is 1.91. The molecule has 0 amide bonds. The van der Waals surface area contributed by atoms with Crippen molar-refractivity contribution in [2.45, 2.75) is 0 Å². The topological polar surface area (TPSA) is 35.5 Å². The summed E-state index contributed by atoms with van der Waals surface area (Å²) in [7, 11) is -5.43. The van der Waals surface area contributed by atoms with Crippen LogP contribution in [-0.2, 0) is 4.57 Å². The average molecular weight is 456 g/mol. The van der Waals surface area contributed by atoms with Gasteiger partial charge in [-0.3, -0.25) is 4.57 Å². The molecular formula is C27H22O3P2. The van der Waals surface area contributed by atoms with E-state index in [1.165, 1.54) is 0 Å². The molecule has 0 radical (unpaired) electrons. The van der Waals surface area contributed by atoms with Gasteiger partial charge in [0.15, 0.2) is 0 Å². The van der Waals surface area contributed by atoms with Gasteiger partial charge in [-0.25, -0.2) is 0 Å². The average Bonchev–Trinajstić information content (AvgIpc) is 2.84. The second-order valence-electron chi connectivity index (χ2n) is 8.22. The van der Waals surface area contributed by atoms with Gasteiger partial charge in [-0.1, -0.05) is 85.2 Å². The van der Waals surface area contributed by atoms with Gasteiger partial charge in [0.05, 0.1) is 12.4 Å². The van der Waals surface area contributed by atoms with Crippen molar-refractivity contribution in [2.24, 2.45) is 0 Å². The highest BCUT2D eigenvalue weighted by Crippen LogP contribution is 2.59. The smallest absolute Gasteiger partial charge is 0.278 e. The number of hydrogen-bond acceptors (Lipinski definition) is 3. The fourth-order valence-corrected chi connectivity index (χ4v) is 10.7. The van der Waals surface area contributed by atoms with Crippen molar-refractivity contribution in [3.8, 4) is 33.8 Å². The lowest BCUT2D eigenvalue weighted by Crippen LogP contribution is -2.25. The third kappa shape index (κ3) is 3.00. The Balaban J connectivity index is 1.40. The highest BCUT2D eigenvalue weighted by molar-refractivity contribution is 7.78. The number of para-hydroxylation sites is 2. The zero-order valence-electron chi connectivity index (χ0n) is 17.5. The van der Waals surface area contributed by atoms with E-state index in [1.807, 2.05) is 78.9 Å². The van der Waals surface area contributed by atoms with E-state index in [0.717, 1.165) is 38.6 Å². The molecule has 2 atom stereocenters. The molecule has 2 heterocycles. The Labute approximate surface area is 188 Å². The highest BCUT2D eigenvalue weighted by Gasteiger charge is 2.38. The van der Waals surface area contributed by atoms with Crippen LogP contribution in [-0.4, -0.2) is 18.6 Å². The summed E-state index contributed by atoms with van der Waals surface area (Å²) < 4.78 is 27.1. The van der Waals surface area contributed by atoms with Crippen molar-refractivity contribution >= 4 is 31.4 Å². The molecule has 0 spiro atoms. The molecule has 2 aliphatic heterocycles. The van der Waals surface area contributed by atoms with Gasteiger partial charge in [-0.05, 0) is 29.3 Å². The molecule has 6 rings (SSSR count). The Morgan fingerprint density at radius 2 is 1.03 bits per heavy atom. The Hall–Kier alpha value is -2.99. The fraction of sp³-hybridized carbons (Fsp3) is 0.0741. The SMILES string of the molecule is C=P1(CCP2(=O)Oc3ccccc3-c3ccccc32)Oc2ccccc2-c2ccccc21. The summed E-state index contributed by atoms with van der Waals surface area (Å²) in [6.45, 7) is 0. The second-order valence-corrected chi connectivity index (χ2v) is 13.6. The molecule has 5 heteroatoms. The monoisotopic (exact) mass is 456 g/mol. The van der Waals surface area contributed by atoms with Crippen molar-refractivity contribution in [3.05, 3.63) is 97.1 Å². The molecule has 2 aliphatic rings. The Bertz CT molecular complexity index is 1350. The van der Waals surface area contributed by atoms with E-state index in [9.17, 15) is 4.57 Å². The van der Waals surface area contributed by atoms with Gasteiger partial charge in [0.25, 0.3) is 7.37 Å². The van der Waals surface area contributed by atoms with E-state index in [-0.39, 0.29) is 0 Å². The van der Waals surface area contributed by atoms with Crippen LogP contribution in [0.15, 0.2) is 97.1 Å². The first-order valence-corrected chi connectivity index (χ1v) is 14.5. The Kier molecular flexibility index (Phi) is 4.47. The molecule has 0 fully saturated rings. The van der Waals surface area contributed by atoms with Crippen LogP contribution in [0.25, 0.3) is 22.3 Å². The van der Waals surface area contributed by atoms with Gasteiger partial charge in [0.2, 0.25) is 0 Å². The second kappa shape index (κ2) is 7.27. The molecule has 0 aliphatic carbocycles. The minimum Gasteiger partial charge on any atom is -0.473 e. The summed E-state index contributed by atoms with van der Waals surface area (Å²) >= 11 is 0. The molecule has 4 aromatic rings. The van der Waals surface area contributed by atoms with Crippen LogP contribution in [0.3, 0.4) is 0 Å². The zero-order chi connectivity index (χ0) is 21.8. The van der Waals surface area contributed by atoms with Crippen LogP contribution in [0.4, 0.5) is 0 Å². The van der Waals surface area contributed by atoms with Crippen molar-refractivity contribution in [3.63, 3.8) is 0 Å². The molecule has 0 bridgehead atoms. The molecule has 3 nitrogen and oxygen atoms in total. The van der Waals surface area contributed by atoms with Gasteiger partial charge >= 0.3 is 0 Å². The maximum atomic E-state index is 14.3. The lowest BCUT2D eigenvalue weighted by atomic mass is 10.0. The van der Waals surface area contributed by atoms with Crippen molar-refractivity contribution in [2.75, 3.05) is 12.3 Å². The van der Waals surface area contributed by atoms with Gasteiger partial charge < -0.3 is 9.05 Å². The summed E-state index contributed by atoms with van der Waals surface area (Å²) in [5.74, 6) is 1.53. The molecule has 0 saturated heterocycles. The van der Waals surface area contributed by atoms with E-state index in [4.69, 9.17) is 9.05 Å². The summed E-state index contributed by atoms with van der Waals surface area (Å²) in [5.41, 5.74) is 4.22. The number of rotatable bonds is 3. The predicted octanol–water partition coefficient (Wildman–Crippen LogP) is 6.40. The molecule has 0 saturated carbocycles. The van der Waals surface area contributed by atoms with Crippen LogP contribution < -0.4 is 19.7 Å². The van der Waals surface area contributed by atoms with Gasteiger partial charge in [0.1, 0.15) is 11.5 Å². The van der Waals surface area contributed by atoms with Gasteiger partial charge in [0, 0.05) is 28.8 Å². The van der Waals surface area contributed by atoms with E-state index < -0.39 is 14.5 Å². The summed E-state index contributed by atoms with van der Waals surface area (Å²) in [6, 6.07) is 32.1. The van der Waals surface area contributed by atoms with Crippen molar-refractivity contribution in [1.82, 2.24) is 0 Å². The lowest BCUT2D eigenvalue weighted by Gasteiger charge is -2.35. The normalized spacial score (nSPS) is 22.4. The predicted molar refractivity (Wildman–Crippen MR) is 136 cm³/mol. The summed E-state index contributed by atoms with van der Waals surface area (Å²) in [6.07, 6.45) is 5.55. The number of fused-ring (bicyclic) bond motifs is 6. The standard InChI is InChI=1S/C27H22O3P2/c1-31(26-16-8-4-12-22(26)20-10-2-6-14-24(20)29-31)18-19-32(28)27-17-9-5-13-23(27)21-11-3-7-15-25(21)30-32/h2-17H,1,18-19H2. The van der Waals surface area contributed by atoms with Crippen LogP contribution in [0.1, 0.15) is 0 Å². The molecule has 2 unspecified atom stereocenters. The van der Waals surface area contributed by atoms with Crippen LogP contribution in [0.5, 0.6) is 11.5 Å². The van der Waals surface area contributed by atoms with Gasteiger partial charge in [-0.15, -0.1) is 0 Å². The van der Waals surface area contributed by atoms with E-state index in [0.29, 0.717) is 18.1 Å². The minimum absolute atomic E-state index is 0.381. The van der Waals surface area contributed by atoms with Crippen LogP contribution in [0.2, 0.25) is 0 Å². The summed E-state index contributed by atoms with van der Waals surface area (Å²) in [4.78, 5) is 0. The number of hydrogen-bond donors (Lipinski definition) is 0. The van der Waals surface area contributed by atoms with Crippen LogP contribution >= 0.6 is 14.5 Å². The molecule has 32 heavy (non-hydrogen) atoms. The van der Waals surface area contributed by atoms with E-state index in [1.54, 1.807) is 0 Å². The molecule has 0 N–H and O–H groups in total. The quantitative estimate of drug-likeness (QED) is 0.335. The van der Waals surface area contributed by atoms with E-state index >= 15 is 0 Å². The van der Waals surface area contributed by atoms with Crippen LogP contribution in [0, 0.1) is 0 Å². The van der Waals surface area contributed by atoms with Crippen molar-refractivity contribution < 1.29 is 13.6 Å². The lowest BCUT2D eigenvalue weighted by molar-refractivity contribution is 0.492. The highest BCUT2D eigenvalue weighted by atomic mass is 31.2. The first-order chi connectivity index (χ1) is 15.6.